The Balaban J connectivity index is 1.81. The van der Waals surface area contributed by atoms with Crippen molar-refractivity contribution in [2.24, 2.45) is 0 Å². The summed E-state index contributed by atoms with van der Waals surface area (Å²) in [7, 11) is 1.70. The highest BCUT2D eigenvalue weighted by atomic mass is 16.5. The third kappa shape index (κ3) is 4.99. The summed E-state index contributed by atoms with van der Waals surface area (Å²) in [6, 6.07) is 9.29. The quantitative estimate of drug-likeness (QED) is 0.805. The number of rotatable bonds is 6. The monoisotopic (exact) mass is 304 g/mol. The van der Waals surface area contributed by atoms with E-state index in [-0.39, 0.29) is 11.7 Å². The van der Waals surface area contributed by atoms with Gasteiger partial charge in [0.25, 0.3) is 0 Å². The first kappa shape index (κ1) is 16.8. The predicted molar refractivity (Wildman–Crippen MR) is 83.9 cm³/mol. The average Bonchev–Trinajstić information content (AvgIpc) is 2.47. The van der Waals surface area contributed by atoms with Gasteiger partial charge in [-0.1, -0.05) is 0 Å². The molecule has 1 fully saturated rings. The molecule has 5 nitrogen and oxygen atoms in total. The van der Waals surface area contributed by atoms with Crippen LogP contribution in [-0.4, -0.2) is 56.6 Å². The van der Waals surface area contributed by atoms with E-state index >= 15 is 0 Å². The molecule has 0 unspecified atom stereocenters. The van der Waals surface area contributed by atoms with E-state index < -0.39 is 0 Å². The summed E-state index contributed by atoms with van der Waals surface area (Å²) in [4.78, 5) is 2.34. The van der Waals surface area contributed by atoms with E-state index in [0.29, 0.717) is 18.8 Å². The van der Waals surface area contributed by atoms with Gasteiger partial charge >= 0.3 is 0 Å². The molecule has 1 aliphatic heterocycles. The van der Waals surface area contributed by atoms with Crippen molar-refractivity contribution in [2.75, 3.05) is 40.0 Å². The molecule has 1 saturated heterocycles. The first-order valence-electron chi connectivity index (χ1n) is 7.54. The van der Waals surface area contributed by atoms with Crippen molar-refractivity contribution in [2.45, 2.75) is 25.6 Å². The van der Waals surface area contributed by atoms with Crippen molar-refractivity contribution < 1.29 is 14.2 Å². The number of nitriles is 1. The second kappa shape index (κ2) is 7.59. The second-order valence-electron chi connectivity index (χ2n) is 6.17. The Morgan fingerprint density at radius 1 is 1.36 bits per heavy atom. The van der Waals surface area contributed by atoms with Crippen LogP contribution < -0.4 is 4.74 Å². The lowest BCUT2D eigenvalue weighted by Gasteiger charge is -2.42. The standard InChI is InChI=1S/C17H24N2O3/c1-17(2)13-19(11-16(22-17)12-20-3)8-9-21-15-6-4-14(10-18)5-7-15/h4-7,16H,8-9,11-13H2,1-3H3/t16-/m1/s1. The summed E-state index contributed by atoms with van der Waals surface area (Å²) < 4.78 is 17.0. The van der Waals surface area contributed by atoms with Crippen LogP contribution in [0.4, 0.5) is 0 Å². The molecular weight excluding hydrogens is 280 g/mol. The van der Waals surface area contributed by atoms with E-state index in [2.05, 4.69) is 24.8 Å². The van der Waals surface area contributed by atoms with E-state index in [1.54, 1.807) is 19.2 Å². The molecule has 1 aliphatic rings. The van der Waals surface area contributed by atoms with Gasteiger partial charge in [-0.05, 0) is 38.1 Å². The van der Waals surface area contributed by atoms with Gasteiger partial charge < -0.3 is 14.2 Å². The summed E-state index contributed by atoms with van der Waals surface area (Å²) in [6.07, 6.45) is 0.101. The number of methoxy groups -OCH3 is 1. The smallest absolute Gasteiger partial charge is 0.119 e. The first-order chi connectivity index (χ1) is 10.5. The zero-order valence-corrected chi connectivity index (χ0v) is 13.5. The lowest BCUT2D eigenvalue weighted by atomic mass is 10.1. The van der Waals surface area contributed by atoms with E-state index in [4.69, 9.17) is 19.5 Å². The Hall–Kier alpha value is -1.61. The van der Waals surface area contributed by atoms with Crippen LogP contribution in [0.3, 0.4) is 0 Å². The average molecular weight is 304 g/mol. The van der Waals surface area contributed by atoms with Crippen molar-refractivity contribution in [3.63, 3.8) is 0 Å². The molecule has 0 N–H and O–H groups in total. The molecule has 1 aromatic carbocycles. The fraction of sp³-hybridized carbons (Fsp3) is 0.588. The minimum atomic E-state index is -0.171. The van der Waals surface area contributed by atoms with Gasteiger partial charge in [-0.2, -0.15) is 5.26 Å². The predicted octanol–water partition coefficient (Wildman–Crippen LogP) is 2.06. The Morgan fingerprint density at radius 3 is 2.73 bits per heavy atom. The first-order valence-corrected chi connectivity index (χ1v) is 7.54. The molecule has 0 amide bonds. The number of morpholine rings is 1. The SMILES string of the molecule is COC[C@H]1CN(CCOc2ccc(C#N)cc2)CC(C)(C)O1. The highest BCUT2D eigenvalue weighted by Crippen LogP contribution is 2.21. The Kier molecular flexibility index (Phi) is 5.78. The van der Waals surface area contributed by atoms with E-state index in [0.717, 1.165) is 25.4 Å². The van der Waals surface area contributed by atoms with Crippen molar-refractivity contribution in [1.29, 1.82) is 5.26 Å². The lowest BCUT2D eigenvalue weighted by Crippen LogP contribution is -2.54. The van der Waals surface area contributed by atoms with Gasteiger partial charge in [-0.15, -0.1) is 0 Å². The lowest BCUT2D eigenvalue weighted by molar-refractivity contribution is -0.153. The number of benzene rings is 1. The van der Waals surface area contributed by atoms with E-state index in [1.165, 1.54) is 0 Å². The summed E-state index contributed by atoms with van der Waals surface area (Å²) in [5, 5.41) is 8.77. The third-order valence-electron chi connectivity index (χ3n) is 3.56. The Morgan fingerprint density at radius 2 is 2.09 bits per heavy atom. The fourth-order valence-corrected chi connectivity index (χ4v) is 2.78. The number of hydrogen-bond acceptors (Lipinski definition) is 5. The van der Waals surface area contributed by atoms with Gasteiger partial charge in [-0.3, -0.25) is 4.90 Å². The van der Waals surface area contributed by atoms with E-state index in [9.17, 15) is 0 Å². The zero-order valence-electron chi connectivity index (χ0n) is 13.5. The van der Waals surface area contributed by atoms with Gasteiger partial charge in [0.1, 0.15) is 12.4 Å². The number of nitrogens with zero attached hydrogens (tertiary/aromatic N) is 2. The van der Waals surface area contributed by atoms with Crippen molar-refractivity contribution in [3.05, 3.63) is 29.8 Å². The van der Waals surface area contributed by atoms with Gasteiger partial charge in [-0.25, -0.2) is 0 Å². The summed E-state index contributed by atoms with van der Waals surface area (Å²) in [5.41, 5.74) is 0.472. The topological polar surface area (TPSA) is 54.7 Å². The van der Waals surface area contributed by atoms with Crippen LogP contribution in [0.15, 0.2) is 24.3 Å². The molecule has 2 rings (SSSR count). The molecule has 0 bridgehead atoms. The largest absolute Gasteiger partial charge is 0.492 e. The van der Waals surface area contributed by atoms with Crippen molar-refractivity contribution >= 4 is 0 Å². The van der Waals surface area contributed by atoms with Gasteiger partial charge in [0.15, 0.2) is 0 Å². The molecule has 0 saturated carbocycles. The summed E-state index contributed by atoms with van der Waals surface area (Å²) in [5.74, 6) is 0.792. The number of ether oxygens (including phenoxy) is 3. The molecule has 120 valence electrons. The van der Waals surface area contributed by atoms with Gasteiger partial charge in [0.05, 0.1) is 29.9 Å². The number of hydrogen-bond donors (Lipinski definition) is 0. The second-order valence-corrected chi connectivity index (χ2v) is 6.17. The molecule has 0 aromatic heterocycles. The van der Waals surface area contributed by atoms with Crippen molar-refractivity contribution in [1.82, 2.24) is 4.90 Å². The maximum atomic E-state index is 8.77. The van der Waals surface area contributed by atoms with Crippen LogP contribution in [0.5, 0.6) is 5.75 Å². The molecular formula is C17H24N2O3. The molecule has 1 atom stereocenters. The summed E-state index contributed by atoms with van der Waals surface area (Å²) in [6.45, 7) is 8.00. The Bertz CT molecular complexity index is 508. The minimum absolute atomic E-state index is 0.101. The van der Waals surface area contributed by atoms with E-state index in [1.807, 2.05) is 12.1 Å². The molecule has 0 aliphatic carbocycles. The maximum Gasteiger partial charge on any atom is 0.119 e. The van der Waals surface area contributed by atoms with Gasteiger partial charge in [0, 0.05) is 26.7 Å². The normalized spacial score (nSPS) is 21.3. The third-order valence-corrected chi connectivity index (χ3v) is 3.56. The molecule has 0 radical (unpaired) electrons. The molecule has 22 heavy (non-hydrogen) atoms. The minimum Gasteiger partial charge on any atom is -0.492 e. The highest BCUT2D eigenvalue weighted by Gasteiger charge is 2.33. The zero-order chi connectivity index (χ0) is 16.0. The summed E-state index contributed by atoms with van der Waals surface area (Å²) >= 11 is 0. The fourth-order valence-electron chi connectivity index (χ4n) is 2.78. The van der Waals surface area contributed by atoms with Crippen LogP contribution in [-0.2, 0) is 9.47 Å². The van der Waals surface area contributed by atoms with Crippen molar-refractivity contribution in [3.8, 4) is 11.8 Å². The molecule has 0 spiro atoms. The van der Waals surface area contributed by atoms with Crippen LogP contribution in [0.25, 0.3) is 0 Å². The molecule has 5 heteroatoms. The maximum absolute atomic E-state index is 8.77. The molecule has 1 heterocycles. The van der Waals surface area contributed by atoms with Crippen LogP contribution >= 0.6 is 0 Å². The van der Waals surface area contributed by atoms with Crippen LogP contribution in [0.2, 0.25) is 0 Å². The highest BCUT2D eigenvalue weighted by molar-refractivity contribution is 5.34. The van der Waals surface area contributed by atoms with Crippen LogP contribution in [0.1, 0.15) is 19.4 Å². The Labute approximate surface area is 132 Å². The van der Waals surface area contributed by atoms with Gasteiger partial charge in [0.2, 0.25) is 0 Å². The van der Waals surface area contributed by atoms with Crippen LogP contribution in [0, 0.1) is 11.3 Å². The molecule has 1 aromatic rings.